The van der Waals surface area contributed by atoms with Crippen LogP contribution in [0.2, 0.25) is 0 Å². The summed E-state index contributed by atoms with van der Waals surface area (Å²) in [6.07, 6.45) is 1.79. The summed E-state index contributed by atoms with van der Waals surface area (Å²) < 4.78 is 32.9. The van der Waals surface area contributed by atoms with E-state index >= 15 is 0 Å². The van der Waals surface area contributed by atoms with Gasteiger partial charge in [-0.1, -0.05) is 38.1 Å². The van der Waals surface area contributed by atoms with E-state index < -0.39 is 57.4 Å². The molecule has 204 valence electrons. The second kappa shape index (κ2) is 10.3. The third kappa shape index (κ3) is 4.97. The smallest absolute Gasteiger partial charge is 0.310 e. The fourth-order valence-electron chi connectivity index (χ4n) is 5.28. The van der Waals surface area contributed by atoms with E-state index in [1.807, 2.05) is 19.9 Å². The summed E-state index contributed by atoms with van der Waals surface area (Å²) in [5, 5.41) is 2.30. The van der Waals surface area contributed by atoms with E-state index in [2.05, 4.69) is 10.3 Å². The van der Waals surface area contributed by atoms with Crippen molar-refractivity contribution in [2.75, 3.05) is 13.1 Å². The number of fused-ring (bicyclic) bond motifs is 2. The molecule has 1 aromatic carbocycles. The zero-order valence-corrected chi connectivity index (χ0v) is 22.3. The van der Waals surface area contributed by atoms with Crippen molar-refractivity contribution >= 4 is 43.7 Å². The molecule has 0 spiro atoms. The molecular formula is C27H28N4O7S. The van der Waals surface area contributed by atoms with Gasteiger partial charge in [-0.3, -0.25) is 24.2 Å². The van der Waals surface area contributed by atoms with E-state index in [0.29, 0.717) is 12.0 Å². The van der Waals surface area contributed by atoms with Gasteiger partial charge in [0.1, 0.15) is 23.4 Å². The maximum absolute atomic E-state index is 13.7. The Labute approximate surface area is 225 Å². The quantitative estimate of drug-likeness (QED) is 0.468. The van der Waals surface area contributed by atoms with Crippen molar-refractivity contribution in [2.45, 2.75) is 44.8 Å². The number of carbonyl (C=O) groups excluding carboxylic acids is 4. The topological polar surface area (TPSA) is 147 Å². The van der Waals surface area contributed by atoms with Crippen LogP contribution < -0.4 is 5.32 Å². The molecule has 12 heteroatoms. The predicted molar refractivity (Wildman–Crippen MR) is 140 cm³/mol. The largest absolute Gasteiger partial charge is 0.451 e. The van der Waals surface area contributed by atoms with Crippen LogP contribution in [-0.2, 0) is 19.6 Å². The zero-order chi connectivity index (χ0) is 27.9. The molecule has 2 saturated heterocycles. The fraction of sp³-hybridized carbons (Fsp3) is 0.370. The minimum absolute atomic E-state index is 0.0282. The van der Waals surface area contributed by atoms with Gasteiger partial charge >= 0.3 is 5.12 Å². The van der Waals surface area contributed by atoms with Crippen LogP contribution in [0.3, 0.4) is 0 Å². The summed E-state index contributed by atoms with van der Waals surface area (Å²) >= 11 is 0. The molecule has 3 unspecified atom stereocenters. The van der Waals surface area contributed by atoms with Gasteiger partial charge in [-0.25, -0.2) is 8.42 Å². The molecule has 3 aromatic rings. The Morgan fingerprint density at radius 3 is 2.56 bits per heavy atom. The van der Waals surface area contributed by atoms with Gasteiger partial charge in [0.05, 0.1) is 12.6 Å². The number of amides is 2. The predicted octanol–water partition coefficient (Wildman–Crippen LogP) is 2.00. The highest BCUT2D eigenvalue weighted by atomic mass is 32.2. The van der Waals surface area contributed by atoms with Crippen LogP contribution in [0.25, 0.3) is 11.0 Å². The summed E-state index contributed by atoms with van der Waals surface area (Å²) in [6, 6.07) is 10.2. The van der Waals surface area contributed by atoms with Crippen molar-refractivity contribution in [3.63, 3.8) is 0 Å². The van der Waals surface area contributed by atoms with Gasteiger partial charge in [0.2, 0.25) is 5.91 Å². The first kappa shape index (κ1) is 26.7. The number of hydrogen-bond acceptors (Lipinski definition) is 8. The highest BCUT2D eigenvalue weighted by Gasteiger charge is 2.55. The summed E-state index contributed by atoms with van der Waals surface area (Å²) in [7, 11) is -4.54. The van der Waals surface area contributed by atoms with Gasteiger partial charge in [-0.05, 0) is 43.0 Å². The summed E-state index contributed by atoms with van der Waals surface area (Å²) in [6.45, 7) is 3.40. The van der Waals surface area contributed by atoms with Crippen LogP contribution in [0.1, 0.15) is 47.7 Å². The molecule has 39 heavy (non-hydrogen) atoms. The Bertz CT molecular complexity index is 1520. The molecule has 11 nitrogen and oxygen atoms in total. The number of carbonyl (C=O) groups is 4. The fourth-order valence-corrected chi connectivity index (χ4v) is 6.75. The van der Waals surface area contributed by atoms with Crippen molar-refractivity contribution in [3.05, 3.63) is 66.2 Å². The average molecular weight is 553 g/mol. The maximum Gasteiger partial charge on any atom is 0.310 e. The number of para-hydroxylation sites is 1. The molecule has 2 amide bonds. The van der Waals surface area contributed by atoms with E-state index in [1.165, 1.54) is 23.2 Å². The molecule has 1 N–H and O–H groups in total. The number of ketones is 1. The number of nitrogens with one attached hydrogen (secondary N) is 1. The van der Waals surface area contributed by atoms with Crippen LogP contribution in [-0.4, -0.2) is 76.5 Å². The van der Waals surface area contributed by atoms with Crippen LogP contribution in [0.5, 0.6) is 0 Å². The molecule has 2 aliphatic heterocycles. The Morgan fingerprint density at radius 1 is 1.13 bits per heavy atom. The lowest BCUT2D eigenvalue weighted by Crippen LogP contribution is -2.53. The highest BCUT2D eigenvalue weighted by Crippen LogP contribution is 2.33. The highest BCUT2D eigenvalue weighted by molar-refractivity contribution is 8.04. The number of nitrogens with zero attached hydrogens (tertiary/aromatic N) is 3. The van der Waals surface area contributed by atoms with Crippen LogP contribution in [0.4, 0.5) is 0 Å². The Morgan fingerprint density at radius 2 is 1.87 bits per heavy atom. The van der Waals surface area contributed by atoms with Crippen molar-refractivity contribution in [1.82, 2.24) is 19.5 Å². The monoisotopic (exact) mass is 552 g/mol. The lowest BCUT2D eigenvalue weighted by atomic mass is 10.0. The summed E-state index contributed by atoms with van der Waals surface area (Å²) in [5.74, 6) is -1.44. The molecule has 3 atom stereocenters. The zero-order valence-electron chi connectivity index (χ0n) is 21.4. The number of Topliss-reactive ketones (excluding diaryl/α,β-unsaturated/α-hetero) is 1. The second-order valence-corrected chi connectivity index (χ2v) is 11.9. The van der Waals surface area contributed by atoms with Crippen molar-refractivity contribution < 1.29 is 32.0 Å². The van der Waals surface area contributed by atoms with E-state index in [9.17, 15) is 27.6 Å². The first-order valence-corrected chi connectivity index (χ1v) is 14.1. The van der Waals surface area contributed by atoms with Gasteiger partial charge < -0.3 is 14.6 Å². The molecule has 2 aliphatic rings. The normalized spacial score (nSPS) is 20.4. The standard InChI is InChI=1S/C27H28N4O7S/c1-16(2)13-19(29-25(33)23-14-17-7-3-4-9-22(17)38-23)26(34)30-12-10-20-24(30)21(32)15-31(20)39(36,37)27(35)18-8-5-6-11-28-18/h3-9,11,14,16,19-20,24H,10,12-13,15H2,1-2H3,(H,29,33). The lowest BCUT2D eigenvalue weighted by molar-refractivity contribution is -0.138. The molecule has 0 aliphatic carbocycles. The second-order valence-electron chi connectivity index (χ2n) is 10.2. The van der Waals surface area contributed by atoms with Gasteiger partial charge in [-0.15, -0.1) is 0 Å². The van der Waals surface area contributed by atoms with Gasteiger partial charge in [0.25, 0.3) is 15.9 Å². The Balaban J connectivity index is 1.35. The molecule has 4 heterocycles. The minimum Gasteiger partial charge on any atom is -0.451 e. The number of likely N-dealkylation sites (tertiary alicyclic amines) is 1. The van der Waals surface area contributed by atoms with E-state index in [1.54, 1.807) is 30.3 Å². The Hall–Kier alpha value is -3.90. The van der Waals surface area contributed by atoms with E-state index in [4.69, 9.17) is 4.42 Å². The number of furan rings is 1. The molecule has 0 bridgehead atoms. The Kier molecular flexibility index (Phi) is 7.08. The third-order valence-electron chi connectivity index (χ3n) is 7.04. The summed E-state index contributed by atoms with van der Waals surface area (Å²) in [4.78, 5) is 57.7. The number of benzene rings is 1. The number of rotatable bonds is 7. The lowest BCUT2D eigenvalue weighted by Gasteiger charge is -2.28. The van der Waals surface area contributed by atoms with Crippen molar-refractivity contribution in [1.29, 1.82) is 0 Å². The SMILES string of the molecule is CC(C)CC(NC(=O)c1cc2ccccc2o1)C(=O)N1CCC2C1C(=O)CN2S(=O)(=O)C(=O)c1ccccn1. The van der Waals surface area contributed by atoms with E-state index in [0.717, 1.165) is 9.69 Å². The van der Waals surface area contributed by atoms with Crippen LogP contribution in [0.15, 0.2) is 59.1 Å². The number of aromatic nitrogens is 1. The number of pyridine rings is 1. The first-order valence-electron chi connectivity index (χ1n) is 12.7. The summed E-state index contributed by atoms with van der Waals surface area (Å²) in [5.41, 5.74) is 0.291. The molecule has 2 fully saturated rings. The molecule has 5 rings (SSSR count). The average Bonchev–Trinajstić information content (AvgIpc) is 3.63. The van der Waals surface area contributed by atoms with Gasteiger partial charge in [0, 0.05) is 18.1 Å². The number of sulfonamides is 1. The van der Waals surface area contributed by atoms with Gasteiger partial charge in [-0.2, -0.15) is 4.31 Å². The maximum atomic E-state index is 13.7. The minimum atomic E-state index is -4.54. The number of hydrogen-bond donors (Lipinski definition) is 1. The van der Waals surface area contributed by atoms with Crippen LogP contribution >= 0.6 is 0 Å². The molecular weight excluding hydrogens is 524 g/mol. The van der Waals surface area contributed by atoms with E-state index in [-0.39, 0.29) is 30.3 Å². The van der Waals surface area contributed by atoms with Crippen molar-refractivity contribution in [2.24, 2.45) is 5.92 Å². The molecule has 2 aromatic heterocycles. The van der Waals surface area contributed by atoms with Crippen LogP contribution in [0, 0.1) is 5.92 Å². The molecule has 0 saturated carbocycles. The third-order valence-corrected chi connectivity index (χ3v) is 8.73. The first-order chi connectivity index (χ1) is 18.6. The molecule has 0 radical (unpaired) electrons. The van der Waals surface area contributed by atoms with Crippen molar-refractivity contribution in [3.8, 4) is 0 Å². The van der Waals surface area contributed by atoms with Gasteiger partial charge in [0.15, 0.2) is 11.5 Å².